The van der Waals surface area contributed by atoms with Crippen LogP contribution in [0.4, 0.5) is 0 Å². The van der Waals surface area contributed by atoms with Gasteiger partial charge >= 0.3 is 0 Å². The third kappa shape index (κ3) is 2.87. The van der Waals surface area contributed by atoms with Crippen molar-refractivity contribution in [2.45, 2.75) is 24.9 Å². The summed E-state index contributed by atoms with van der Waals surface area (Å²) >= 11 is 5.94. The van der Waals surface area contributed by atoms with Crippen molar-refractivity contribution >= 4 is 21.6 Å². The van der Waals surface area contributed by atoms with E-state index >= 15 is 0 Å². The van der Waals surface area contributed by atoms with Crippen LogP contribution in [0.3, 0.4) is 0 Å². The largest absolute Gasteiger partial charge is 0.332 e. The van der Waals surface area contributed by atoms with E-state index in [2.05, 4.69) is 9.97 Å². The van der Waals surface area contributed by atoms with Crippen LogP contribution in [0.5, 0.6) is 0 Å². The Morgan fingerprint density at radius 2 is 2.10 bits per heavy atom. The molecule has 1 unspecified atom stereocenters. The molecule has 0 amide bonds. The molecule has 0 bridgehead atoms. The van der Waals surface area contributed by atoms with E-state index < -0.39 is 10.0 Å². The summed E-state index contributed by atoms with van der Waals surface area (Å²) in [7, 11) is -2.07. The Kier molecular flexibility index (Phi) is 4.17. The quantitative estimate of drug-likeness (QED) is 0.944. The first-order valence-corrected chi connectivity index (χ1v) is 7.89. The molecule has 1 aromatic heterocycles. The van der Waals surface area contributed by atoms with Gasteiger partial charge in [-0.3, -0.25) is 0 Å². The fraction of sp³-hybridized carbons (Fsp3) is 0.308. The van der Waals surface area contributed by atoms with Crippen LogP contribution in [0, 0.1) is 6.92 Å². The second-order valence-electron chi connectivity index (χ2n) is 4.59. The van der Waals surface area contributed by atoms with Gasteiger partial charge in [0.2, 0.25) is 0 Å². The molecule has 0 fully saturated rings. The van der Waals surface area contributed by atoms with Crippen LogP contribution in [0.15, 0.2) is 35.5 Å². The van der Waals surface area contributed by atoms with E-state index in [1.54, 1.807) is 25.1 Å². The molecular weight excluding hydrogens is 298 g/mol. The highest BCUT2D eigenvalue weighted by Crippen LogP contribution is 2.26. The summed E-state index contributed by atoms with van der Waals surface area (Å²) in [6, 6.07) is 6.83. The van der Waals surface area contributed by atoms with Gasteiger partial charge in [0.1, 0.15) is 5.82 Å². The van der Waals surface area contributed by atoms with Gasteiger partial charge in [-0.15, -0.1) is 0 Å². The Hall–Kier alpha value is -1.37. The van der Waals surface area contributed by atoms with Crippen molar-refractivity contribution in [3.63, 3.8) is 0 Å². The SMILES string of the molecule is Cc1ncc(S(=O)(=O)N(C)C(C)c2cccc(Cl)c2)[nH]1. The van der Waals surface area contributed by atoms with Crippen molar-refractivity contribution in [1.29, 1.82) is 0 Å². The minimum Gasteiger partial charge on any atom is -0.332 e. The lowest BCUT2D eigenvalue weighted by molar-refractivity contribution is 0.397. The number of hydrogen-bond donors (Lipinski definition) is 1. The number of rotatable bonds is 4. The molecule has 1 aromatic carbocycles. The van der Waals surface area contributed by atoms with Gasteiger partial charge in [-0.2, -0.15) is 4.31 Å². The summed E-state index contributed by atoms with van der Waals surface area (Å²) in [6.45, 7) is 3.52. The maximum atomic E-state index is 12.5. The second kappa shape index (κ2) is 5.55. The molecule has 1 heterocycles. The number of nitrogens with one attached hydrogen (secondary N) is 1. The minimum atomic E-state index is -3.61. The monoisotopic (exact) mass is 313 g/mol. The van der Waals surface area contributed by atoms with E-state index in [9.17, 15) is 8.42 Å². The van der Waals surface area contributed by atoms with Gasteiger partial charge in [0.15, 0.2) is 5.03 Å². The van der Waals surface area contributed by atoms with Gasteiger partial charge in [-0.05, 0) is 31.5 Å². The van der Waals surface area contributed by atoms with E-state index in [-0.39, 0.29) is 11.1 Å². The summed E-state index contributed by atoms with van der Waals surface area (Å²) in [4.78, 5) is 6.68. The lowest BCUT2D eigenvalue weighted by atomic mass is 10.1. The first-order chi connectivity index (χ1) is 9.32. The Balaban J connectivity index is 2.33. The molecule has 7 heteroatoms. The number of aromatic nitrogens is 2. The molecule has 20 heavy (non-hydrogen) atoms. The smallest absolute Gasteiger partial charge is 0.260 e. The van der Waals surface area contributed by atoms with E-state index in [1.165, 1.54) is 17.5 Å². The molecule has 0 aliphatic heterocycles. The standard InChI is InChI=1S/C13H16ClN3O2S/c1-9(11-5-4-6-12(14)7-11)17(3)20(18,19)13-8-15-10(2)16-13/h4-9H,1-3H3,(H,15,16). The number of imidazole rings is 1. The molecule has 0 spiro atoms. The second-order valence-corrected chi connectivity index (χ2v) is 6.99. The lowest BCUT2D eigenvalue weighted by Crippen LogP contribution is -2.30. The molecule has 5 nitrogen and oxygen atoms in total. The number of aryl methyl sites for hydroxylation is 1. The summed E-state index contributed by atoms with van der Waals surface area (Å²) in [5.74, 6) is 0.562. The molecular formula is C13H16ClN3O2S. The van der Waals surface area contributed by atoms with E-state index in [0.29, 0.717) is 10.8 Å². The van der Waals surface area contributed by atoms with E-state index in [1.807, 2.05) is 13.0 Å². The van der Waals surface area contributed by atoms with Gasteiger partial charge < -0.3 is 4.98 Å². The van der Waals surface area contributed by atoms with Gasteiger partial charge in [0, 0.05) is 18.1 Å². The number of benzene rings is 1. The van der Waals surface area contributed by atoms with Crippen LogP contribution >= 0.6 is 11.6 Å². The first kappa shape index (κ1) is 15.0. The molecule has 1 atom stereocenters. The Labute approximate surface area is 123 Å². The highest BCUT2D eigenvalue weighted by molar-refractivity contribution is 7.89. The van der Waals surface area contributed by atoms with Crippen LogP contribution in [0.25, 0.3) is 0 Å². The zero-order chi connectivity index (χ0) is 14.9. The number of halogens is 1. The molecule has 2 rings (SSSR count). The summed E-state index contributed by atoms with van der Waals surface area (Å²) in [5, 5.41) is 0.670. The Morgan fingerprint density at radius 1 is 1.40 bits per heavy atom. The summed E-state index contributed by atoms with van der Waals surface area (Å²) in [5.41, 5.74) is 0.833. The normalized spacial score (nSPS) is 13.7. The maximum Gasteiger partial charge on any atom is 0.260 e. The lowest BCUT2D eigenvalue weighted by Gasteiger charge is -2.24. The van der Waals surface area contributed by atoms with Crippen molar-refractivity contribution < 1.29 is 8.42 Å². The summed E-state index contributed by atoms with van der Waals surface area (Å²) < 4.78 is 26.2. The zero-order valence-corrected chi connectivity index (χ0v) is 13.0. The number of sulfonamides is 1. The van der Waals surface area contributed by atoms with Crippen LogP contribution in [-0.2, 0) is 10.0 Å². The van der Waals surface area contributed by atoms with Crippen molar-refractivity contribution in [2.24, 2.45) is 0 Å². The highest BCUT2D eigenvalue weighted by Gasteiger charge is 2.27. The maximum absolute atomic E-state index is 12.5. The van der Waals surface area contributed by atoms with E-state index in [4.69, 9.17) is 11.6 Å². The van der Waals surface area contributed by atoms with Crippen LogP contribution in [0.1, 0.15) is 24.4 Å². The number of hydrogen-bond acceptors (Lipinski definition) is 3. The van der Waals surface area contributed by atoms with Gasteiger partial charge in [-0.1, -0.05) is 23.7 Å². The average molecular weight is 314 g/mol. The molecule has 0 saturated carbocycles. The zero-order valence-electron chi connectivity index (χ0n) is 11.5. The van der Waals surface area contributed by atoms with E-state index in [0.717, 1.165) is 5.56 Å². The van der Waals surface area contributed by atoms with Crippen LogP contribution in [-0.4, -0.2) is 29.7 Å². The third-order valence-corrected chi connectivity index (χ3v) is 5.29. The van der Waals surface area contributed by atoms with Crippen molar-refractivity contribution in [3.8, 4) is 0 Å². The molecule has 0 aliphatic rings. The predicted molar refractivity (Wildman–Crippen MR) is 78.1 cm³/mol. The number of aromatic amines is 1. The Bertz CT molecular complexity index is 712. The third-order valence-electron chi connectivity index (χ3n) is 3.21. The first-order valence-electron chi connectivity index (χ1n) is 6.07. The molecule has 0 saturated heterocycles. The van der Waals surface area contributed by atoms with Gasteiger partial charge in [-0.25, -0.2) is 13.4 Å². The van der Waals surface area contributed by atoms with Crippen LogP contribution in [0.2, 0.25) is 5.02 Å². The number of nitrogens with zero attached hydrogens (tertiary/aromatic N) is 2. The average Bonchev–Trinajstić information content (AvgIpc) is 2.84. The topological polar surface area (TPSA) is 66.1 Å². The Morgan fingerprint density at radius 3 is 2.65 bits per heavy atom. The molecule has 0 radical (unpaired) electrons. The fourth-order valence-electron chi connectivity index (χ4n) is 1.87. The van der Waals surface area contributed by atoms with Crippen molar-refractivity contribution in [3.05, 3.63) is 46.9 Å². The van der Waals surface area contributed by atoms with Gasteiger partial charge in [0.05, 0.1) is 6.20 Å². The number of H-pyrrole nitrogens is 1. The molecule has 1 N–H and O–H groups in total. The molecule has 0 aliphatic carbocycles. The molecule has 2 aromatic rings. The summed E-state index contributed by atoms with van der Waals surface area (Å²) in [6.07, 6.45) is 1.33. The van der Waals surface area contributed by atoms with Crippen LogP contribution < -0.4 is 0 Å². The highest BCUT2D eigenvalue weighted by atomic mass is 35.5. The van der Waals surface area contributed by atoms with Gasteiger partial charge in [0.25, 0.3) is 10.0 Å². The van der Waals surface area contributed by atoms with Crippen molar-refractivity contribution in [2.75, 3.05) is 7.05 Å². The predicted octanol–water partition coefficient (Wildman–Crippen LogP) is 2.75. The minimum absolute atomic E-state index is 0.0892. The fourth-order valence-corrected chi connectivity index (χ4v) is 3.38. The van der Waals surface area contributed by atoms with Crippen molar-refractivity contribution in [1.82, 2.24) is 14.3 Å². The molecule has 108 valence electrons.